The number of hydrogen-bond donors (Lipinski definition) is 1. The molecule has 0 spiro atoms. The van der Waals surface area contributed by atoms with Crippen molar-refractivity contribution in [3.05, 3.63) is 23.8 Å². The first-order chi connectivity index (χ1) is 13.8. The number of hydrogen-bond acceptors (Lipinski definition) is 6. The standard InChI is InChI=1S/C19H27N3O6S/c1-3-27-19(24)22-10-8-21(9-11-22)18(23)13-28-17-7-6-16(12-14(17)2)29(25,26)20-15-4-5-15/h6-7,12,15,20H,3-5,8-11,13H2,1-2H3. The molecule has 0 unspecified atom stereocenters. The third-order valence-corrected chi connectivity index (χ3v) is 6.38. The smallest absolute Gasteiger partial charge is 0.409 e. The Balaban J connectivity index is 1.51. The van der Waals surface area contributed by atoms with Crippen LogP contribution in [0.15, 0.2) is 23.1 Å². The molecule has 0 aromatic heterocycles. The van der Waals surface area contributed by atoms with Gasteiger partial charge in [0.15, 0.2) is 6.61 Å². The van der Waals surface area contributed by atoms with E-state index in [0.717, 1.165) is 12.8 Å². The lowest BCUT2D eigenvalue weighted by Crippen LogP contribution is -2.51. The summed E-state index contributed by atoms with van der Waals surface area (Å²) in [6, 6.07) is 4.64. The minimum Gasteiger partial charge on any atom is -0.483 e. The lowest BCUT2D eigenvalue weighted by Gasteiger charge is -2.34. The number of benzene rings is 1. The van der Waals surface area contributed by atoms with Crippen LogP contribution in [0.25, 0.3) is 0 Å². The Kier molecular flexibility index (Phi) is 6.63. The first-order valence-electron chi connectivity index (χ1n) is 9.75. The van der Waals surface area contributed by atoms with Gasteiger partial charge in [0.1, 0.15) is 5.75 Å². The summed E-state index contributed by atoms with van der Waals surface area (Å²) in [4.78, 5) is 27.5. The highest BCUT2D eigenvalue weighted by molar-refractivity contribution is 7.89. The maximum atomic E-state index is 12.4. The molecule has 3 rings (SSSR count). The summed E-state index contributed by atoms with van der Waals surface area (Å²) in [6.07, 6.45) is 1.38. The molecule has 9 nitrogen and oxygen atoms in total. The van der Waals surface area contributed by atoms with Crippen molar-refractivity contribution < 1.29 is 27.5 Å². The van der Waals surface area contributed by atoms with E-state index in [1.165, 1.54) is 6.07 Å². The average Bonchev–Trinajstić information content (AvgIpc) is 3.50. The van der Waals surface area contributed by atoms with E-state index in [1.54, 1.807) is 35.8 Å². The number of nitrogens with one attached hydrogen (secondary N) is 1. The van der Waals surface area contributed by atoms with E-state index in [2.05, 4.69) is 4.72 Å². The van der Waals surface area contributed by atoms with Crippen LogP contribution in [-0.2, 0) is 19.6 Å². The number of sulfonamides is 1. The summed E-state index contributed by atoms with van der Waals surface area (Å²) < 4.78 is 37.8. The Morgan fingerprint density at radius 2 is 1.79 bits per heavy atom. The molecule has 0 radical (unpaired) electrons. The van der Waals surface area contributed by atoms with Crippen LogP contribution >= 0.6 is 0 Å². The zero-order valence-electron chi connectivity index (χ0n) is 16.7. The number of ether oxygens (including phenoxy) is 2. The fourth-order valence-corrected chi connectivity index (χ4v) is 4.41. The zero-order chi connectivity index (χ0) is 21.0. The highest BCUT2D eigenvalue weighted by atomic mass is 32.2. The van der Waals surface area contributed by atoms with Crippen molar-refractivity contribution >= 4 is 22.0 Å². The summed E-state index contributed by atoms with van der Waals surface area (Å²) in [5.74, 6) is 0.286. The van der Waals surface area contributed by atoms with Crippen molar-refractivity contribution in [3.63, 3.8) is 0 Å². The van der Waals surface area contributed by atoms with Gasteiger partial charge in [0, 0.05) is 32.2 Å². The number of carbonyl (C=O) groups excluding carboxylic acids is 2. The van der Waals surface area contributed by atoms with Gasteiger partial charge in [0.25, 0.3) is 5.91 Å². The topological polar surface area (TPSA) is 105 Å². The van der Waals surface area contributed by atoms with Crippen molar-refractivity contribution in [2.75, 3.05) is 39.4 Å². The first-order valence-corrected chi connectivity index (χ1v) is 11.2. The van der Waals surface area contributed by atoms with Crippen LogP contribution in [0, 0.1) is 6.92 Å². The van der Waals surface area contributed by atoms with Gasteiger partial charge in [-0.1, -0.05) is 0 Å². The highest BCUT2D eigenvalue weighted by Gasteiger charge is 2.28. The molecule has 0 atom stereocenters. The summed E-state index contributed by atoms with van der Waals surface area (Å²) in [5, 5.41) is 0. The average molecular weight is 426 g/mol. The van der Waals surface area contributed by atoms with E-state index in [-0.39, 0.29) is 29.5 Å². The lowest BCUT2D eigenvalue weighted by molar-refractivity contribution is -0.134. The number of aryl methyl sites for hydroxylation is 1. The summed E-state index contributed by atoms with van der Waals surface area (Å²) in [6.45, 7) is 5.35. The SMILES string of the molecule is CCOC(=O)N1CCN(C(=O)COc2ccc(S(=O)(=O)NC3CC3)cc2C)CC1. The van der Waals surface area contributed by atoms with E-state index < -0.39 is 10.0 Å². The number of carbonyl (C=O) groups is 2. The molecule has 160 valence electrons. The van der Waals surface area contributed by atoms with E-state index in [4.69, 9.17) is 9.47 Å². The summed E-state index contributed by atoms with van der Waals surface area (Å²) >= 11 is 0. The van der Waals surface area contributed by atoms with Crippen LogP contribution < -0.4 is 9.46 Å². The number of rotatable bonds is 7. The van der Waals surface area contributed by atoms with E-state index in [9.17, 15) is 18.0 Å². The maximum Gasteiger partial charge on any atom is 0.409 e. The molecule has 2 fully saturated rings. The lowest BCUT2D eigenvalue weighted by atomic mass is 10.2. The largest absolute Gasteiger partial charge is 0.483 e. The molecule has 1 aromatic carbocycles. The Labute approximate surface area is 171 Å². The monoisotopic (exact) mass is 425 g/mol. The molecule has 1 saturated heterocycles. The molecule has 29 heavy (non-hydrogen) atoms. The van der Waals surface area contributed by atoms with Crippen LogP contribution in [0.4, 0.5) is 4.79 Å². The Hall–Kier alpha value is -2.33. The highest BCUT2D eigenvalue weighted by Crippen LogP contribution is 2.25. The van der Waals surface area contributed by atoms with E-state index in [1.807, 2.05) is 0 Å². The Bertz CT molecular complexity index is 861. The molecule has 2 amide bonds. The van der Waals surface area contributed by atoms with Crippen molar-refractivity contribution in [2.24, 2.45) is 0 Å². The van der Waals surface area contributed by atoms with Gasteiger partial charge >= 0.3 is 6.09 Å². The predicted molar refractivity (Wildman–Crippen MR) is 105 cm³/mol. The normalized spacial score (nSPS) is 17.2. The minimum atomic E-state index is -3.52. The van der Waals surface area contributed by atoms with Crippen molar-refractivity contribution in [3.8, 4) is 5.75 Å². The van der Waals surface area contributed by atoms with E-state index in [0.29, 0.717) is 44.1 Å². The number of amides is 2. The quantitative estimate of drug-likeness (QED) is 0.702. The van der Waals surface area contributed by atoms with Gasteiger partial charge in [-0.2, -0.15) is 0 Å². The minimum absolute atomic E-state index is 0.0400. The second kappa shape index (κ2) is 9.00. The molecular weight excluding hydrogens is 398 g/mol. The molecule has 10 heteroatoms. The van der Waals surface area contributed by atoms with Crippen LogP contribution in [0.1, 0.15) is 25.3 Å². The van der Waals surface area contributed by atoms with Gasteiger partial charge in [-0.25, -0.2) is 17.9 Å². The molecule has 1 aliphatic heterocycles. The number of nitrogens with zero attached hydrogens (tertiary/aromatic N) is 2. The third-order valence-electron chi connectivity index (χ3n) is 4.87. The Morgan fingerprint density at radius 3 is 2.38 bits per heavy atom. The molecule has 1 aromatic rings. The van der Waals surface area contributed by atoms with Gasteiger partial charge in [0.05, 0.1) is 11.5 Å². The first kappa shape index (κ1) is 21.4. The molecule has 1 heterocycles. The van der Waals surface area contributed by atoms with Gasteiger partial charge in [-0.05, 0) is 50.5 Å². The fourth-order valence-electron chi connectivity index (χ4n) is 3.02. The van der Waals surface area contributed by atoms with Crippen molar-refractivity contribution in [1.82, 2.24) is 14.5 Å². The second-order valence-corrected chi connectivity index (χ2v) is 8.89. The number of piperazine rings is 1. The predicted octanol–water partition coefficient (Wildman–Crippen LogP) is 1.12. The molecule has 1 aliphatic carbocycles. The maximum absolute atomic E-state index is 12.4. The van der Waals surface area contributed by atoms with Crippen LogP contribution in [-0.4, -0.2) is 75.7 Å². The van der Waals surface area contributed by atoms with Gasteiger partial charge in [0.2, 0.25) is 10.0 Å². The van der Waals surface area contributed by atoms with Crippen LogP contribution in [0.2, 0.25) is 0 Å². The summed E-state index contributed by atoms with van der Waals surface area (Å²) in [5.41, 5.74) is 0.642. The molecule has 2 aliphatic rings. The molecular formula is C19H27N3O6S. The summed E-state index contributed by atoms with van der Waals surface area (Å²) in [7, 11) is -3.52. The van der Waals surface area contributed by atoms with Gasteiger partial charge in [-0.15, -0.1) is 0 Å². The second-order valence-electron chi connectivity index (χ2n) is 7.18. The molecule has 1 saturated carbocycles. The van der Waals surface area contributed by atoms with Gasteiger partial charge < -0.3 is 19.3 Å². The molecule has 0 bridgehead atoms. The van der Waals surface area contributed by atoms with E-state index >= 15 is 0 Å². The zero-order valence-corrected chi connectivity index (χ0v) is 17.5. The third kappa shape index (κ3) is 5.60. The van der Waals surface area contributed by atoms with Crippen molar-refractivity contribution in [2.45, 2.75) is 37.6 Å². The fraction of sp³-hybridized carbons (Fsp3) is 0.579. The van der Waals surface area contributed by atoms with Gasteiger partial charge in [-0.3, -0.25) is 4.79 Å². The Morgan fingerprint density at radius 1 is 1.14 bits per heavy atom. The van der Waals surface area contributed by atoms with Crippen molar-refractivity contribution in [1.29, 1.82) is 0 Å². The van der Waals surface area contributed by atoms with Crippen LogP contribution in [0.3, 0.4) is 0 Å². The molecule has 1 N–H and O–H groups in total. The van der Waals surface area contributed by atoms with Crippen LogP contribution in [0.5, 0.6) is 5.75 Å².